The zero-order valence-electron chi connectivity index (χ0n) is 10.4. The monoisotopic (exact) mass is 264 g/mol. The quantitative estimate of drug-likeness (QED) is 0.918. The second kappa shape index (κ2) is 5.80. The van der Waals surface area contributed by atoms with E-state index in [9.17, 15) is 13.9 Å². The van der Waals surface area contributed by atoms with Gasteiger partial charge in [-0.05, 0) is 29.8 Å². The van der Waals surface area contributed by atoms with Gasteiger partial charge in [-0.1, -0.05) is 18.2 Å². The summed E-state index contributed by atoms with van der Waals surface area (Å²) in [6.07, 6.45) is -1.07. The Hall–Kier alpha value is -1.94. The number of ether oxygens (including phenoxy) is 1. The number of aliphatic hydroxyl groups excluding tert-OH is 1. The Balaban J connectivity index is 2.18. The number of benzene rings is 2. The largest absolute Gasteiger partial charge is 0.497 e. The number of hydrogen-bond donors (Lipinski definition) is 1. The lowest BCUT2D eigenvalue weighted by molar-refractivity contribution is 0.175. The lowest BCUT2D eigenvalue weighted by atomic mass is 10.0. The van der Waals surface area contributed by atoms with Crippen molar-refractivity contribution in [1.82, 2.24) is 0 Å². The highest BCUT2D eigenvalue weighted by atomic mass is 19.1. The van der Waals surface area contributed by atoms with E-state index in [-0.39, 0.29) is 12.0 Å². The van der Waals surface area contributed by atoms with E-state index in [0.717, 1.165) is 0 Å². The molecule has 0 aliphatic rings. The maximum absolute atomic E-state index is 13.5. The molecule has 0 aliphatic heterocycles. The summed E-state index contributed by atoms with van der Waals surface area (Å²) in [5, 5.41) is 10.0. The first kappa shape index (κ1) is 13.5. The van der Waals surface area contributed by atoms with Gasteiger partial charge in [-0.3, -0.25) is 0 Å². The normalized spacial score (nSPS) is 12.2. The highest BCUT2D eigenvalue weighted by Gasteiger charge is 2.15. The van der Waals surface area contributed by atoms with Crippen LogP contribution in [0.1, 0.15) is 17.2 Å². The van der Waals surface area contributed by atoms with E-state index < -0.39 is 17.7 Å². The Labute approximate surface area is 110 Å². The molecule has 2 aromatic rings. The molecule has 4 heteroatoms. The molecule has 0 bridgehead atoms. The summed E-state index contributed by atoms with van der Waals surface area (Å²) < 4.78 is 32.0. The van der Waals surface area contributed by atoms with Crippen LogP contribution in [0, 0.1) is 11.6 Å². The first-order chi connectivity index (χ1) is 9.11. The second-order valence-electron chi connectivity index (χ2n) is 4.19. The zero-order chi connectivity index (χ0) is 13.8. The van der Waals surface area contributed by atoms with Gasteiger partial charge >= 0.3 is 0 Å². The number of halogens is 2. The standard InChI is InChI=1S/C15H14F2O2/c1-19-11-7-5-10(6-8-11)15(18)9-12-13(16)3-2-4-14(12)17/h2-8,15,18H,9H2,1H3. The van der Waals surface area contributed by atoms with Crippen LogP contribution in [-0.2, 0) is 6.42 Å². The molecule has 100 valence electrons. The first-order valence-corrected chi connectivity index (χ1v) is 5.86. The molecule has 2 rings (SSSR count). The van der Waals surface area contributed by atoms with Gasteiger partial charge in [-0.2, -0.15) is 0 Å². The Morgan fingerprint density at radius 1 is 1.05 bits per heavy atom. The fraction of sp³-hybridized carbons (Fsp3) is 0.200. The van der Waals surface area contributed by atoms with Crippen LogP contribution in [0.25, 0.3) is 0 Å². The molecule has 0 spiro atoms. The minimum atomic E-state index is -0.961. The summed E-state index contributed by atoms with van der Waals surface area (Å²) in [5.74, 6) is -0.631. The van der Waals surface area contributed by atoms with Gasteiger partial charge in [0.15, 0.2) is 0 Å². The van der Waals surface area contributed by atoms with E-state index in [4.69, 9.17) is 4.74 Å². The predicted molar refractivity (Wildman–Crippen MR) is 68.0 cm³/mol. The molecular weight excluding hydrogens is 250 g/mol. The molecule has 0 heterocycles. The summed E-state index contributed by atoms with van der Waals surface area (Å²) in [6, 6.07) is 10.4. The van der Waals surface area contributed by atoms with Crippen LogP contribution in [0.3, 0.4) is 0 Å². The van der Waals surface area contributed by atoms with Crippen LogP contribution >= 0.6 is 0 Å². The molecule has 0 fully saturated rings. The Morgan fingerprint density at radius 2 is 1.63 bits per heavy atom. The lowest BCUT2D eigenvalue weighted by Gasteiger charge is -2.13. The van der Waals surface area contributed by atoms with Crippen molar-refractivity contribution in [3.8, 4) is 5.75 Å². The smallest absolute Gasteiger partial charge is 0.129 e. The van der Waals surface area contributed by atoms with Gasteiger partial charge in [0.25, 0.3) is 0 Å². The van der Waals surface area contributed by atoms with Crippen LogP contribution in [-0.4, -0.2) is 12.2 Å². The average molecular weight is 264 g/mol. The minimum absolute atomic E-state index is 0.106. The summed E-state index contributed by atoms with van der Waals surface area (Å²) >= 11 is 0. The van der Waals surface area contributed by atoms with Crippen molar-refractivity contribution < 1.29 is 18.6 Å². The molecule has 1 atom stereocenters. The SMILES string of the molecule is COc1ccc(C(O)Cc2c(F)cccc2F)cc1. The maximum atomic E-state index is 13.5. The molecule has 0 radical (unpaired) electrons. The van der Waals surface area contributed by atoms with Crippen molar-refractivity contribution in [2.75, 3.05) is 7.11 Å². The molecule has 0 aromatic heterocycles. The van der Waals surface area contributed by atoms with Crippen LogP contribution in [0.4, 0.5) is 8.78 Å². The van der Waals surface area contributed by atoms with Gasteiger partial charge < -0.3 is 9.84 Å². The molecule has 2 aromatic carbocycles. The van der Waals surface area contributed by atoms with E-state index in [1.54, 1.807) is 31.4 Å². The van der Waals surface area contributed by atoms with E-state index in [1.807, 2.05) is 0 Å². The lowest BCUT2D eigenvalue weighted by Crippen LogP contribution is -2.05. The van der Waals surface area contributed by atoms with E-state index in [2.05, 4.69) is 0 Å². The number of methoxy groups -OCH3 is 1. The Kier molecular flexibility index (Phi) is 4.12. The summed E-state index contributed by atoms with van der Waals surface area (Å²) in [6.45, 7) is 0. The van der Waals surface area contributed by atoms with Crippen LogP contribution in [0.5, 0.6) is 5.75 Å². The fourth-order valence-electron chi connectivity index (χ4n) is 1.86. The van der Waals surface area contributed by atoms with Crippen molar-refractivity contribution in [1.29, 1.82) is 0 Å². The maximum Gasteiger partial charge on any atom is 0.129 e. The fourth-order valence-corrected chi connectivity index (χ4v) is 1.86. The van der Waals surface area contributed by atoms with Crippen molar-refractivity contribution in [3.63, 3.8) is 0 Å². The van der Waals surface area contributed by atoms with Gasteiger partial charge in [0.05, 0.1) is 13.2 Å². The van der Waals surface area contributed by atoms with Gasteiger partial charge in [0.2, 0.25) is 0 Å². The molecule has 1 unspecified atom stereocenters. The number of aliphatic hydroxyl groups is 1. The van der Waals surface area contributed by atoms with Crippen LogP contribution in [0.15, 0.2) is 42.5 Å². The molecule has 19 heavy (non-hydrogen) atoms. The molecule has 1 N–H and O–H groups in total. The third-order valence-corrected chi connectivity index (χ3v) is 2.96. The van der Waals surface area contributed by atoms with E-state index in [1.165, 1.54) is 18.2 Å². The highest BCUT2D eigenvalue weighted by molar-refractivity contribution is 5.30. The van der Waals surface area contributed by atoms with Crippen molar-refractivity contribution >= 4 is 0 Å². The highest BCUT2D eigenvalue weighted by Crippen LogP contribution is 2.23. The van der Waals surface area contributed by atoms with E-state index in [0.29, 0.717) is 11.3 Å². The first-order valence-electron chi connectivity index (χ1n) is 5.86. The molecule has 0 amide bonds. The summed E-state index contributed by atoms with van der Waals surface area (Å²) in [7, 11) is 1.54. The number of rotatable bonds is 4. The summed E-state index contributed by atoms with van der Waals surface area (Å²) in [4.78, 5) is 0. The minimum Gasteiger partial charge on any atom is -0.497 e. The Morgan fingerprint density at radius 3 is 2.16 bits per heavy atom. The zero-order valence-corrected chi connectivity index (χ0v) is 10.4. The second-order valence-corrected chi connectivity index (χ2v) is 4.19. The molecule has 2 nitrogen and oxygen atoms in total. The van der Waals surface area contributed by atoms with E-state index >= 15 is 0 Å². The average Bonchev–Trinajstić information content (AvgIpc) is 2.43. The predicted octanol–water partition coefficient (Wildman–Crippen LogP) is 3.25. The Bertz CT molecular complexity index is 532. The number of hydrogen-bond acceptors (Lipinski definition) is 2. The van der Waals surface area contributed by atoms with Crippen molar-refractivity contribution in [2.45, 2.75) is 12.5 Å². The molecule has 0 aliphatic carbocycles. The van der Waals surface area contributed by atoms with Gasteiger partial charge in [0.1, 0.15) is 17.4 Å². The van der Waals surface area contributed by atoms with Gasteiger partial charge in [-0.15, -0.1) is 0 Å². The van der Waals surface area contributed by atoms with Crippen molar-refractivity contribution in [3.05, 3.63) is 65.2 Å². The van der Waals surface area contributed by atoms with Crippen LogP contribution < -0.4 is 4.74 Å². The molecule has 0 saturated heterocycles. The third-order valence-electron chi connectivity index (χ3n) is 2.96. The molecule has 0 saturated carbocycles. The van der Waals surface area contributed by atoms with Gasteiger partial charge in [0, 0.05) is 12.0 Å². The van der Waals surface area contributed by atoms with Crippen molar-refractivity contribution in [2.24, 2.45) is 0 Å². The third kappa shape index (κ3) is 3.09. The van der Waals surface area contributed by atoms with Crippen LogP contribution in [0.2, 0.25) is 0 Å². The topological polar surface area (TPSA) is 29.5 Å². The van der Waals surface area contributed by atoms with Gasteiger partial charge in [-0.25, -0.2) is 8.78 Å². The summed E-state index contributed by atoms with van der Waals surface area (Å²) in [5.41, 5.74) is 0.481. The molecular formula is C15H14F2O2.